The highest BCUT2D eigenvalue weighted by atomic mass is 32.2. The number of anilines is 2. The second-order valence-corrected chi connectivity index (χ2v) is 24.6. The number of thiophene rings is 1. The maximum atomic E-state index is 10.2. The van der Waals surface area contributed by atoms with Crippen molar-refractivity contribution in [3.8, 4) is 0 Å². The Kier molecular flexibility index (Phi) is 14.8. The van der Waals surface area contributed by atoms with E-state index in [4.69, 9.17) is 39.4 Å². The molecule has 384 valence electrons. The summed E-state index contributed by atoms with van der Waals surface area (Å²) in [6.07, 6.45) is 16.0. The third kappa shape index (κ3) is 9.88. The van der Waals surface area contributed by atoms with Crippen LogP contribution in [0.1, 0.15) is 87.6 Å². The fraction of sp³-hybridized carbons (Fsp3) is 0.698. The van der Waals surface area contributed by atoms with Crippen molar-refractivity contribution in [2.45, 2.75) is 102 Å². The molecule has 2 unspecified atom stereocenters. The molecule has 4 fully saturated rings. The van der Waals surface area contributed by atoms with Crippen molar-refractivity contribution in [3.63, 3.8) is 0 Å². The Morgan fingerprint density at radius 2 is 1.42 bits per heavy atom. The second-order valence-electron chi connectivity index (χ2n) is 22.5. The minimum Gasteiger partial charge on any atom is -0.395 e. The Morgan fingerprint density at radius 3 is 2.14 bits per heavy atom. The lowest BCUT2D eigenvalue weighted by Gasteiger charge is -2.50. The third-order valence-corrected chi connectivity index (χ3v) is 18.8. The van der Waals surface area contributed by atoms with Crippen LogP contribution in [0.2, 0.25) is 0 Å². The van der Waals surface area contributed by atoms with Gasteiger partial charge in [0.15, 0.2) is 5.79 Å². The Morgan fingerprint density at radius 1 is 0.746 bits per heavy atom. The van der Waals surface area contributed by atoms with Crippen LogP contribution >= 0.6 is 23.1 Å². The fourth-order valence-electron chi connectivity index (χ4n) is 12.7. The summed E-state index contributed by atoms with van der Waals surface area (Å²) in [6.45, 7) is 25.7. The zero-order valence-electron chi connectivity index (χ0n) is 42.7. The molecule has 4 aromatic rings. The van der Waals surface area contributed by atoms with Gasteiger partial charge < -0.3 is 29.5 Å². The number of hydrogen-bond donors (Lipinski definition) is 2. The van der Waals surface area contributed by atoms with Gasteiger partial charge in [-0.3, -0.25) is 19.6 Å². The van der Waals surface area contributed by atoms with Gasteiger partial charge in [0.25, 0.3) is 0 Å². The predicted octanol–water partition coefficient (Wildman–Crippen LogP) is 5.37. The van der Waals surface area contributed by atoms with Crippen LogP contribution in [0.25, 0.3) is 20.4 Å². The van der Waals surface area contributed by atoms with Crippen LogP contribution in [0.3, 0.4) is 0 Å². The number of ether oxygens (including phenoxy) is 2. The minimum atomic E-state index is -0.551. The molecule has 0 radical (unpaired) electrons. The Bertz CT molecular complexity index is 2600. The van der Waals surface area contributed by atoms with Crippen LogP contribution in [0.4, 0.5) is 11.6 Å². The molecule has 12 rings (SSSR count). The summed E-state index contributed by atoms with van der Waals surface area (Å²) in [5.74, 6) is 1.58. The molecule has 16 nitrogen and oxygen atoms in total. The first-order chi connectivity index (χ1) is 34.6. The lowest BCUT2D eigenvalue weighted by molar-refractivity contribution is -0.0482. The molecule has 2 aliphatic carbocycles. The standard InChI is InChI=1S/C27H40N6O2S.C26H36N6O2S/c1-26(2)6-5-20-18-28-25-22(21(20)17-26)23-24(36-25)27(30-19-29-23,32-7-3-4-8-32)33(11-14-34)10-9-31-12-15-35-16-13-31;1-26(2)15-18-19(16-26)23(31-5-3-4-6-31)29-25-20(18)21-22(35-25)24(28-17-27-21)32(9-12-33)8-7-30-10-13-34-14-11-30/h18-19,24,34H,3-17H2,1-2H3;17,33H,3-16H2,1-2H3. The molecule has 8 aliphatic rings. The first kappa shape index (κ1) is 49.8. The van der Waals surface area contributed by atoms with Gasteiger partial charge in [-0.05, 0) is 90.9 Å². The van der Waals surface area contributed by atoms with Crippen LogP contribution in [0.5, 0.6) is 0 Å². The van der Waals surface area contributed by atoms with Crippen LogP contribution < -0.4 is 9.80 Å². The number of likely N-dealkylation sites (tertiary alicyclic amines) is 1. The SMILES string of the molecule is CC1(C)CCc2cnc3c(c2C1)C1=NC=NC(N2CCCC2)(N(CCO)CCN2CCOCC2)C1S3.CC1(C)Cc2c(N3CCCC3)nc3sc4c(N(CCO)CCN5CCOCC5)ncnc4c3c2C1. The number of aryl methyl sites for hydroxylation is 1. The molecular weight excluding hydrogens is 933 g/mol. The van der Waals surface area contributed by atoms with Gasteiger partial charge in [0, 0.05) is 109 Å². The van der Waals surface area contributed by atoms with Gasteiger partial charge in [0.2, 0.25) is 0 Å². The van der Waals surface area contributed by atoms with Crippen molar-refractivity contribution in [1.29, 1.82) is 0 Å². The van der Waals surface area contributed by atoms with Gasteiger partial charge in [-0.1, -0.05) is 39.5 Å². The van der Waals surface area contributed by atoms with E-state index < -0.39 is 5.79 Å². The number of thioether (sulfide) groups is 1. The number of aliphatic imine (C=N–C) groups is 2. The predicted molar refractivity (Wildman–Crippen MR) is 286 cm³/mol. The smallest absolute Gasteiger partial charge is 0.189 e. The number of hydrogen-bond acceptors (Lipinski definition) is 18. The van der Waals surface area contributed by atoms with Crippen molar-refractivity contribution in [2.24, 2.45) is 20.8 Å². The summed E-state index contributed by atoms with van der Waals surface area (Å²) in [6, 6.07) is 0. The normalized spacial score (nSPS) is 25.1. The van der Waals surface area contributed by atoms with Gasteiger partial charge in [0.05, 0.1) is 55.6 Å². The maximum absolute atomic E-state index is 10.2. The summed E-state index contributed by atoms with van der Waals surface area (Å²) in [7, 11) is 0. The fourth-order valence-corrected chi connectivity index (χ4v) is 15.4. The molecule has 10 heterocycles. The van der Waals surface area contributed by atoms with E-state index >= 15 is 0 Å². The first-order valence-electron chi connectivity index (χ1n) is 26.8. The van der Waals surface area contributed by atoms with Gasteiger partial charge in [0.1, 0.15) is 39.4 Å². The number of rotatable bonds is 14. The van der Waals surface area contributed by atoms with Crippen molar-refractivity contribution >= 4 is 67.2 Å². The van der Waals surface area contributed by atoms with Crippen molar-refractivity contribution in [3.05, 3.63) is 40.3 Å². The summed E-state index contributed by atoms with van der Waals surface area (Å²) < 4.78 is 12.2. The minimum absolute atomic E-state index is 0.0517. The highest BCUT2D eigenvalue weighted by Gasteiger charge is 2.56. The van der Waals surface area contributed by atoms with Gasteiger partial charge in [-0.25, -0.2) is 29.9 Å². The van der Waals surface area contributed by atoms with E-state index in [-0.39, 0.29) is 23.9 Å². The zero-order valence-corrected chi connectivity index (χ0v) is 44.3. The molecule has 0 amide bonds. The molecule has 71 heavy (non-hydrogen) atoms. The number of pyridine rings is 2. The van der Waals surface area contributed by atoms with E-state index in [0.29, 0.717) is 18.5 Å². The van der Waals surface area contributed by atoms with Crippen LogP contribution in [-0.4, -0.2) is 204 Å². The van der Waals surface area contributed by atoms with Crippen LogP contribution in [0.15, 0.2) is 27.5 Å². The van der Waals surface area contributed by atoms with Crippen molar-refractivity contribution in [2.75, 3.05) is 141 Å². The number of aliphatic hydroxyl groups is 2. The monoisotopic (exact) mass is 1010 g/mol. The average molecular weight is 1010 g/mol. The molecule has 0 aromatic carbocycles. The molecule has 6 aliphatic heterocycles. The molecule has 0 saturated carbocycles. The summed E-state index contributed by atoms with van der Waals surface area (Å²) in [4.78, 5) is 45.7. The Balaban J connectivity index is 0.000000154. The third-order valence-electron chi connectivity index (χ3n) is 16.4. The highest BCUT2D eigenvalue weighted by molar-refractivity contribution is 8.01. The molecule has 0 spiro atoms. The average Bonchev–Trinajstić information content (AvgIpc) is 4.24. The molecule has 4 aromatic heterocycles. The van der Waals surface area contributed by atoms with E-state index in [9.17, 15) is 10.2 Å². The quantitative estimate of drug-likeness (QED) is 0.166. The van der Waals surface area contributed by atoms with Crippen LogP contribution in [-0.2, 0) is 35.2 Å². The lowest BCUT2D eigenvalue weighted by Crippen LogP contribution is -2.68. The Hall–Kier alpha value is -3.43. The molecule has 2 atom stereocenters. The number of fused-ring (bicyclic) bond motifs is 10. The number of aliphatic hydroxyl groups excluding tert-OH is 2. The topological polar surface area (TPSA) is 155 Å². The van der Waals surface area contributed by atoms with Gasteiger partial charge in [-0.2, -0.15) is 0 Å². The highest BCUT2D eigenvalue weighted by Crippen LogP contribution is 2.52. The lowest BCUT2D eigenvalue weighted by atomic mass is 9.73. The molecular formula is C53H76N12O4S2. The van der Waals surface area contributed by atoms with Gasteiger partial charge >= 0.3 is 0 Å². The first-order valence-corrected chi connectivity index (χ1v) is 28.5. The molecule has 2 N–H and O–H groups in total. The van der Waals surface area contributed by atoms with E-state index in [2.05, 4.69) is 63.3 Å². The van der Waals surface area contributed by atoms with E-state index in [0.717, 1.165) is 162 Å². The number of morpholine rings is 2. The Labute approximate surface area is 428 Å². The van der Waals surface area contributed by atoms with Crippen LogP contribution in [0, 0.1) is 10.8 Å². The maximum Gasteiger partial charge on any atom is 0.189 e. The summed E-state index contributed by atoms with van der Waals surface area (Å²) in [5.41, 5.74) is 9.71. The van der Waals surface area contributed by atoms with Crippen molar-refractivity contribution in [1.82, 2.24) is 39.5 Å². The number of nitrogens with zero attached hydrogens (tertiary/aromatic N) is 12. The second kappa shape index (κ2) is 21.1. The summed E-state index contributed by atoms with van der Waals surface area (Å²) >= 11 is 3.57. The van der Waals surface area contributed by atoms with E-state index in [1.54, 1.807) is 17.7 Å². The largest absolute Gasteiger partial charge is 0.395 e. The molecule has 4 saturated heterocycles. The van der Waals surface area contributed by atoms with E-state index in [1.807, 2.05) is 18.1 Å². The number of aromatic nitrogens is 4. The zero-order chi connectivity index (χ0) is 48.7. The van der Waals surface area contributed by atoms with E-state index in [1.165, 1.54) is 71.1 Å². The van der Waals surface area contributed by atoms with Gasteiger partial charge in [-0.15, -0.1) is 11.3 Å². The molecule has 18 heteroatoms. The summed E-state index contributed by atoms with van der Waals surface area (Å²) in [5, 5.41) is 22.4. The molecule has 0 bridgehead atoms. The van der Waals surface area contributed by atoms with Crippen molar-refractivity contribution < 1.29 is 19.7 Å².